The number of hydrogen-bond donors (Lipinski definition) is 1. The summed E-state index contributed by atoms with van der Waals surface area (Å²) >= 11 is 1.79. The molecule has 0 aliphatic rings. The maximum atomic E-state index is 3.52. The molecule has 1 aromatic heterocycles. The molecule has 0 spiro atoms. The Morgan fingerprint density at radius 3 is 2.60 bits per heavy atom. The Bertz CT molecular complexity index is 420. The lowest BCUT2D eigenvalue weighted by atomic mass is 10.2. The summed E-state index contributed by atoms with van der Waals surface area (Å²) in [6.07, 6.45) is 0. The zero-order valence-electron chi connectivity index (χ0n) is 9.03. The van der Waals surface area contributed by atoms with E-state index in [2.05, 4.69) is 60.9 Å². The van der Waals surface area contributed by atoms with Crippen molar-refractivity contribution in [2.24, 2.45) is 0 Å². The number of para-hydroxylation sites is 1. The van der Waals surface area contributed by atoms with Crippen molar-refractivity contribution < 1.29 is 0 Å². The summed E-state index contributed by atoms with van der Waals surface area (Å²) in [6, 6.07) is 13.0. The zero-order chi connectivity index (χ0) is 10.7. The molecular formula is C13H15NS. The van der Waals surface area contributed by atoms with E-state index in [1.165, 1.54) is 16.1 Å². The second-order valence-electron chi connectivity index (χ2n) is 3.70. The number of anilines is 1. The molecule has 1 aromatic carbocycles. The predicted molar refractivity (Wildman–Crippen MR) is 67.5 cm³/mol. The highest BCUT2D eigenvalue weighted by molar-refractivity contribution is 7.10. The normalized spacial score (nSPS) is 12.4. The minimum absolute atomic E-state index is 0.381. The van der Waals surface area contributed by atoms with Crippen molar-refractivity contribution >= 4 is 17.0 Å². The molecular weight excluding hydrogens is 202 g/mol. The van der Waals surface area contributed by atoms with Gasteiger partial charge < -0.3 is 5.32 Å². The predicted octanol–water partition coefficient (Wildman–Crippen LogP) is 4.23. The van der Waals surface area contributed by atoms with Gasteiger partial charge in [0.05, 0.1) is 6.04 Å². The lowest BCUT2D eigenvalue weighted by molar-refractivity contribution is 0.905. The van der Waals surface area contributed by atoms with Crippen LogP contribution in [0.1, 0.15) is 23.4 Å². The van der Waals surface area contributed by atoms with Gasteiger partial charge in [-0.15, -0.1) is 11.3 Å². The molecule has 0 saturated heterocycles. The van der Waals surface area contributed by atoms with Gasteiger partial charge in [-0.05, 0) is 36.9 Å². The second-order valence-corrected chi connectivity index (χ2v) is 4.68. The highest BCUT2D eigenvalue weighted by Gasteiger charge is 2.06. The first-order valence-electron chi connectivity index (χ1n) is 5.13. The Labute approximate surface area is 94.8 Å². The van der Waals surface area contributed by atoms with E-state index in [4.69, 9.17) is 0 Å². The summed E-state index contributed by atoms with van der Waals surface area (Å²) < 4.78 is 0. The zero-order valence-corrected chi connectivity index (χ0v) is 9.84. The molecule has 1 N–H and O–H groups in total. The maximum absolute atomic E-state index is 3.52. The third-order valence-corrected chi connectivity index (χ3v) is 3.54. The average molecular weight is 217 g/mol. The molecule has 0 radical (unpaired) electrons. The Morgan fingerprint density at radius 1 is 1.13 bits per heavy atom. The van der Waals surface area contributed by atoms with Gasteiger partial charge in [-0.25, -0.2) is 0 Å². The van der Waals surface area contributed by atoms with Crippen LogP contribution in [0, 0.1) is 6.92 Å². The SMILES string of the molecule is Cc1ccccc1N[C@H](C)c1cccs1. The lowest BCUT2D eigenvalue weighted by Crippen LogP contribution is -2.05. The number of rotatable bonds is 3. The summed E-state index contributed by atoms with van der Waals surface area (Å²) in [6.45, 7) is 4.32. The Hall–Kier alpha value is -1.28. The van der Waals surface area contributed by atoms with Crippen LogP contribution in [0.4, 0.5) is 5.69 Å². The third kappa shape index (κ3) is 2.39. The number of hydrogen-bond acceptors (Lipinski definition) is 2. The maximum Gasteiger partial charge on any atom is 0.0578 e. The first kappa shape index (κ1) is 10.2. The largest absolute Gasteiger partial charge is 0.377 e. The summed E-state index contributed by atoms with van der Waals surface area (Å²) in [5.41, 5.74) is 2.51. The van der Waals surface area contributed by atoms with Crippen molar-refractivity contribution in [3.05, 3.63) is 52.2 Å². The van der Waals surface area contributed by atoms with Crippen molar-refractivity contribution in [3.8, 4) is 0 Å². The van der Waals surface area contributed by atoms with E-state index in [0.717, 1.165) is 0 Å². The molecule has 1 heterocycles. The van der Waals surface area contributed by atoms with Gasteiger partial charge >= 0.3 is 0 Å². The summed E-state index contributed by atoms with van der Waals surface area (Å²) in [7, 11) is 0. The van der Waals surface area contributed by atoms with E-state index in [0.29, 0.717) is 6.04 Å². The van der Waals surface area contributed by atoms with Crippen LogP contribution in [0.5, 0.6) is 0 Å². The fourth-order valence-corrected chi connectivity index (χ4v) is 2.31. The highest BCUT2D eigenvalue weighted by Crippen LogP contribution is 2.24. The van der Waals surface area contributed by atoms with Crippen LogP contribution in [0.2, 0.25) is 0 Å². The van der Waals surface area contributed by atoms with E-state index < -0.39 is 0 Å². The van der Waals surface area contributed by atoms with E-state index in [1.807, 2.05) is 0 Å². The number of thiophene rings is 1. The minimum Gasteiger partial charge on any atom is -0.377 e. The topological polar surface area (TPSA) is 12.0 Å². The molecule has 0 aliphatic heterocycles. The van der Waals surface area contributed by atoms with E-state index in [1.54, 1.807) is 11.3 Å². The molecule has 0 amide bonds. The van der Waals surface area contributed by atoms with Gasteiger partial charge in [0.15, 0.2) is 0 Å². The van der Waals surface area contributed by atoms with E-state index in [-0.39, 0.29) is 0 Å². The van der Waals surface area contributed by atoms with Gasteiger partial charge in [0.1, 0.15) is 0 Å². The van der Waals surface area contributed by atoms with Crippen molar-refractivity contribution in [1.29, 1.82) is 0 Å². The molecule has 2 heteroatoms. The average Bonchev–Trinajstić information content (AvgIpc) is 2.74. The monoisotopic (exact) mass is 217 g/mol. The first-order valence-corrected chi connectivity index (χ1v) is 6.01. The van der Waals surface area contributed by atoms with Crippen LogP contribution in [-0.2, 0) is 0 Å². The first-order chi connectivity index (χ1) is 7.27. The summed E-state index contributed by atoms with van der Waals surface area (Å²) in [5.74, 6) is 0. The molecule has 2 rings (SSSR count). The molecule has 78 valence electrons. The number of aryl methyl sites for hydroxylation is 1. The molecule has 0 bridgehead atoms. The Balaban J connectivity index is 2.13. The lowest BCUT2D eigenvalue weighted by Gasteiger charge is -2.15. The van der Waals surface area contributed by atoms with Crippen LogP contribution >= 0.6 is 11.3 Å². The molecule has 15 heavy (non-hydrogen) atoms. The standard InChI is InChI=1S/C13H15NS/c1-10-6-3-4-7-12(10)14-11(2)13-8-5-9-15-13/h3-9,11,14H,1-2H3/t11-/m1/s1. The van der Waals surface area contributed by atoms with Crippen molar-refractivity contribution in [1.82, 2.24) is 0 Å². The fraction of sp³-hybridized carbons (Fsp3) is 0.231. The van der Waals surface area contributed by atoms with Crippen LogP contribution in [-0.4, -0.2) is 0 Å². The van der Waals surface area contributed by atoms with E-state index >= 15 is 0 Å². The molecule has 0 saturated carbocycles. The molecule has 0 aliphatic carbocycles. The summed E-state index contributed by atoms with van der Waals surface area (Å²) in [4.78, 5) is 1.37. The summed E-state index contributed by atoms with van der Waals surface area (Å²) in [5, 5.41) is 5.64. The van der Waals surface area contributed by atoms with Gasteiger partial charge in [-0.1, -0.05) is 24.3 Å². The van der Waals surface area contributed by atoms with Crippen molar-refractivity contribution in [2.75, 3.05) is 5.32 Å². The van der Waals surface area contributed by atoms with Crippen LogP contribution in [0.25, 0.3) is 0 Å². The molecule has 0 unspecified atom stereocenters. The van der Waals surface area contributed by atoms with Crippen molar-refractivity contribution in [2.45, 2.75) is 19.9 Å². The van der Waals surface area contributed by atoms with Crippen molar-refractivity contribution in [3.63, 3.8) is 0 Å². The quantitative estimate of drug-likeness (QED) is 0.811. The van der Waals surface area contributed by atoms with Crippen LogP contribution in [0.15, 0.2) is 41.8 Å². The Kier molecular flexibility index (Phi) is 3.07. The van der Waals surface area contributed by atoms with Gasteiger partial charge in [-0.2, -0.15) is 0 Å². The Morgan fingerprint density at radius 2 is 1.93 bits per heavy atom. The minimum atomic E-state index is 0.381. The fourth-order valence-electron chi connectivity index (χ4n) is 1.58. The van der Waals surface area contributed by atoms with Crippen LogP contribution < -0.4 is 5.32 Å². The molecule has 2 aromatic rings. The van der Waals surface area contributed by atoms with Crippen LogP contribution in [0.3, 0.4) is 0 Å². The number of nitrogens with one attached hydrogen (secondary N) is 1. The molecule has 0 fully saturated rings. The van der Waals surface area contributed by atoms with Gasteiger partial charge in [0.2, 0.25) is 0 Å². The highest BCUT2D eigenvalue weighted by atomic mass is 32.1. The van der Waals surface area contributed by atoms with Gasteiger partial charge in [-0.3, -0.25) is 0 Å². The number of benzene rings is 1. The third-order valence-electron chi connectivity index (χ3n) is 2.49. The molecule has 1 nitrogen and oxygen atoms in total. The van der Waals surface area contributed by atoms with Gasteiger partial charge in [0, 0.05) is 10.6 Å². The van der Waals surface area contributed by atoms with E-state index in [9.17, 15) is 0 Å². The molecule has 1 atom stereocenters. The smallest absolute Gasteiger partial charge is 0.0578 e. The second kappa shape index (κ2) is 4.49. The van der Waals surface area contributed by atoms with Gasteiger partial charge in [0.25, 0.3) is 0 Å².